The van der Waals surface area contributed by atoms with Gasteiger partial charge in [0.25, 0.3) is 0 Å². The van der Waals surface area contributed by atoms with Gasteiger partial charge in [0.05, 0.1) is 12.1 Å². The summed E-state index contributed by atoms with van der Waals surface area (Å²) in [6.07, 6.45) is 1.65. The number of hydrogen-bond donors (Lipinski definition) is 0. The molecule has 0 aliphatic heterocycles. The van der Waals surface area contributed by atoms with Crippen LogP contribution in [0.2, 0.25) is 5.02 Å². The minimum Gasteiger partial charge on any atom is -0.496 e. The third-order valence-corrected chi connectivity index (χ3v) is 5.70. The van der Waals surface area contributed by atoms with Crippen molar-refractivity contribution in [3.8, 4) is 17.1 Å². The van der Waals surface area contributed by atoms with Crippen molar-refractivity contribution in [3.63, 3.8) is 0 Å². The Morgan fingerprint density at radius 2 is 2.00 bits per heavy atom. The first kappa shape index (κ1) is 21.4. The van der Waals surface area contributed by atoms with Crippen LogP contribution in [0.5, 0.6) is 5.75 Å². The van der Waals surface area contributed by atoms with Crippen molar-refractivity contribution in [3.05, 3.63) is 58.6 Å². The standard InChI is InChI=1S/C21H22ClN3O3S/c1-27-11-5-10-25-20(17-6-3-4-7-18(17)22)23-24-21(25)29-14-16-12-15(13-26)8-9-19(16)28-2/h3-4,6-9,12-13H,5,10-11,14H2,1-2H3. The van der Waals surface area contributed by atoms with Gasteiger partial charge >= 0.3 is 0 Å². The van der Waals surface area contributed by atoms with Crippen molar-refractivity contribution >= 4 is 29.6 Å². The summed E-state index contributed by atoms with van der Waals surface area (Å²) in [6.45, 7) is 1.34. The average molecular weight is 432 g/mol. The maximum atomic E-state index is 11.1. The van der Waals surface area contributed by atoms with Gasteiger partial charge in [0.2, 0.25) is 0 Å². The van der Waals surface area contributed by atoms with E-state index in [9.17, 15) is 4.79 Å². The van der Waals surface area contributed by atoms with E-state index in [2.05, 4.69) is 14.8 Å². The van der Waals surface area contributed by atoms with Gasteiger partial charge in [-0.3, -0.25) is 4.79 Å². The Balaban J connectivity index is 1.89. The molecule has 0 aliphatic rings. The fourth-order valence-electron chi connectivity index (χ4n) is 2.93. The van der Waals surface area contributed by atoms with E-state index >= 15 is 0 Å². The minimum absolute atomic E-state index is 0.593. The van der Waals surface area contributed by atoms with Gasteiger partial charge in [-0.05, 0) is 36.8 Å². The van der Waals surface area contributed by atoms with Gasteiger partial charge in [-0.1, -0.05) is 35.5 Å². The molecule has 0 radical (unpaired) electrons. The largest absolute Gasteiger partial charge is 0.496 e. The number of methoxy groups -OCH3 is 2. The van der Waals surface area contributed by atoms with Crippen LogP contribution < -0.4 is 4.74 Å². The average Bonchev–Trinajstić information content (AvgIpc) is 3.15. The second-order valence-electron chi connectivity index (χ2n) is 6.26. The van der Waals surface area contributed by atoms with Gasteiger partial charge in [-0.15, -0.1) is 10.2 Å². The molecule has 0 saturated heterocycles. The number of carbonyl (C=O) groups excluding carboxylic acids is 1. The molecule has 0 amide bonds. The summed E-state index contributed by atoms with van der Waals surface area (Å²) < 4.78 is 12.7. The van der Waals surface area contributed by atoms with E-state index in [4.69, 9.17) is 21.1 Å². The predicted octanol–water partition coefficient (Wildman–Crippen LogP) is 4.75. The molecule has 0 saturated carbocycles. The first-order chi connectivity index (χ1) is 14.2. The van der Waals surface area contributed by atoms with Crippen LogP contribution in [0.25, 0.3) is 11.4 Å². The van der Waals surface area contributed by atoms with Crippen molar-refractivity contribution in [2.75, 3.05) is 20.8 Å². The van der Waals surface area contributed by atoms with Crippen molar-refractivity contribution in [1.29, 1.82) is 0 Å². The Kier molecular flexibility index (Phi) is 7.69. The number of benzene rings is 2. The molecule has 0 fully saturated rings. The minimum atomic E-state index is 0.593. The molecule has 3 aromatic rings. The summed E-state index contributed by atoms with van der Waals surface area (Å²) in [6, 6.07) is 13.0. The molecule has 0 aliphatic carbocycles. The summed E-state index contributed by atoms with van der Waals surface area (Å²) in [5.74, 6) is 2.05. The lowest BCUT2D eigenvalue weighted by Crippen LogP contribution is -2.05. The molecule has 8 heteroatoms. The first-order valence-corrected chi connectivity index (χ1v) is 10.5. The molecule has 2 aromatic carbocycles. The van der Waals surface area contributed by atoms with Crippen molar-refractivity contribution < 1.29 is 14.3 Å². The van der Waals surface area contributed by atoms with E-state index in [-0.39, 0.29) is 0 Å². The second-order valence-corrected chi connectivity index (χ2v) is 7.61. The Bertz CT molecular complexity index is 978. The van der Waals surface area contributed by atoms with Crippen LogP contribution in [0.3, 0.4) is 0 Å². The van der Waals surface area contributed by atoms with E-state index in [1.165, 1.54) is 11.8 Å². The number of nitrogens with zero attached hydrogens (tertiary/aromatic N) is 3. The van der Waals surface area contributed by atoms with Gasteiger partial charge in [0.15, 0.2) is 11.0 Å². The quantitative estimate of drug-likeness (QED) is 0.262. The molecule has 0 spiro atoms. The fraction of sp³-hybridized carbons (Fsp3) is 0.286. The third kappa shape index (κ3) is 5.18. The topological polar surface area (TPSA) is 66.2 Å². The van der Waals surface area contributed by atoms with Gasteiger partial charge in [-0.25, -0.2) is 0 Å². The highest BCUT2D eigenvalue weighted by Gasteiger charge is 2.17. The van der Waals surface area contributed by atoms with E-state index in [1.54, 1.807) is 26.4 Å². The number of rotatable bonds is 10. The molecule has 3 rings (SSSR count). The van der Waals surface area contributed by atoms with Crippen molar-refractivity contribution in [2.24, 2.45) is 0 Å². The number of aldehydes is 1. The highest BCUT2D eigenvalue weighted by atomic mass is 35.5. The Hall–Kier alpha value is -2.35. The molecular formula is C21H22ClN3O3S. The number of hydrogen-bond acceptors (Lipinski definition) is 6. The molecule has 0 unspecified atom stereocenters. The highest BCUT2D eigenvalue weighted by molar-refractivity contribution is 7.98. The van der Waals surface area contributed by atoms with Gasteiger partial charge in [0.1, 0.15) is 12.0 Å². The molecule has 0 N–H and O–H groups in total. The summed E-state index contributed by atoms with van der Waals surface area (Å²) in [5, 5.41) is 10.2. The summed E-state index contributed by atoms with van der Waals surface area (Å²) in [4.78, 5) is 11.1. The van der Waals surface area contributed by atoms with Gasteiger partial charge in [-0.2, -0.15) is 0 Å². The van der Waals surface area contributed by atoms with Gasteiger partial charge in [0, 0.05) is 42.7 Å². The van der Waals surface area contributed by atoms with Crippen LogP contribution >= 0.6 is 23.4 Å². The Morgan fingerprint density at radius 3 is 2.72 bits per heavy atom. The highest BCUT2D eigenvalue weighted by Crippen LogP contribution is 2.32. The van der Waals surface area contributed by atoms with Crippen LogP contribution in [-0.4, -0.2) is 41.9 Å². The summed E-state index contributed by atoms with van der Waals surface area (Å²) in [5.41, 5.74) is 2.37. The lowest BCUT2D eigenvalue weighted by atomic mass is 10.1. The van der Waals surface area contributed by atoms with Crippen LogP contribution in [0.4, 0.5) is 0 Å². The maximum absolute atomic E-state index is 11.1. The number of thioether (sulfide) groups is 1. The zero-order valence-electron chi connectivity index (χ0n) is 16.3. The van der Waals surface area contributed by atoms with Crippen molar-refractivity contribution in [1.82, 2.24) is 14.8 Å². The molecule has 29 heavy (non-hydrogen) atoms. The van der Waals surface area contributed by atoms with E-state index in [1.807, 2.05) is 30.3 Å². The summed E-state index contributed by atoms with van der Waals surface area (Å²) >= 11 is 7.92. The smallest absolute Gasteiger partial charge is 0.191 e. The molecule has 1 aromatic heterocycles. The van der Waals surface area contributed by atoms with Crippen LogP contribution in [-0.2, 0) is 17.0 Å². The number of aromatic nitrogens is 3. The molecule has 152 valence electrons. The molecular weight excluding hydrogens is 410 g/mol. The summed E-state index contributed by atoms with van der Waals surface area (Å²) in [7, 11) is 3.30. The maximum Gasteiger partial charge on any atom is 0.191 e. The van der Waals surface area contributed by atoms with E-state index in [0.717, 1.165) is 40.6 Å². The van der Waals surface area contributed by atoms with E-state index < -0.39 is 0 Å². The van der Waals surface area contributed by atoms with Crippen LogP contribution in [0.15, 0.2) is 47.6 Å². The SMILES string of the molecule is COCCCn1c(SCc2cc(C=O)ccc2OC)nnc1-c1ccccc1Cl. The first-order valence-electron chi connectivity index (χ1n) is 9.10. The molecule has 6 nitrogen and oxygen atoms in total. The number of carbonyl (C=O) groups is 1. The second kappa shape index (κ2) is 10.4. The van der Waals surface area contributed by atoms with Crippen molar-refractivity contribution in [2.45, 2.75) is 23.9 Å². The predicted molar refractivity (Wildman–Crippen MR) is 115 cm³/mol. The van der Waals surface area contributed by atoms with Gasteiger partial charge < -0.3 is 14.0 Å². The Morgan fingerprint density at radius 1 is 1.17 bits per heavy atom. The lowest BCUT2D eigenvalue weighted by molar-refractivity contribution is 0.112. The fourth-order valence-corrected chi connectivity index (χ4v) is 4.10. The van der Waals surface area contributed by atoms with Crippen LogP contribution in [0, 0.1) is 0 Å². The van der Waals surface area contributed by atoms with E-state index in [0.29, 0.717) is 29.5 Å². The lowest BCUT2D eigenvalue weighted by Gasteiger charge is -2.12. The Labute approximate surface area is 179 Å². The normalized spacial score (nSPS) is 10.9. The molecule has 0 bridgehead atoms. The zero-order valence-corrected chi connectivity index (χ0v) is 17.9. The zero-order chi connectivity index (χ0) is 20.6. The molecule has 0 atom stereocenters. The number of ether oxygens (including phenoxy) is 2. The van der Waals surface area contributed by atoms with Crippen LogP contribution in [0.1, 0.15) is 22.3 Å². The monoisotopic (exact) mass is 431 g/mol. The number of halogens is 1. The molecule has 1 heterocycles. The third-order valence-electron chi connectivity index (χ3n) is 4.36.